The third kappa shape index (κ3) is 3.69. The van der Waals surface area contributed by atoms with E-state index in [1.807, 2.05) is 24.4 Å². The summed E-state index contributed by atoms with van der Waals surface area (Å²) in [5.41, 5.74) is 0.973. The highest BCUT2D eigenvalue weighted by Gasteiger charge is 2.16. The SMILES string of the molecule is Cc1nc(-c2ccc(CCNC(=O)c3ccc([N+](=O)[O-])o3)s2)cs1. The zero-order valence-corrected chi connectivity index (χ0v) is 14.3. The first-order chi connectivity index (χ1) is 11.5. The molecule has 3 rings (SSSR count). The van der Waals surface area contributed by atoms with E-state index in [2.05, 4.69) is 10.3 Å². The lowest BCUT2D eigenvalue weighted by Crippen LogP contribution is -2.25. The van der Waals surface area contributed by atoms with Gasteiger partial charge >= 0.3 is 5.88 Å². The summed E-state index contributed by atoms with van der Waals surface area (Å²) in [6.07, 6.45) is 0.669. The van der Waals surface area contributed by atoms with Gasteiger partial charge in [-0.05, 0) is 31.5 Å². The molecule has 9 heteroatoms. The predicted molar refractivity (Wildman–Crippen MR) is 91.6 cm³/mol. The van der Waals surface area contributed by atoms with Crippen LogP contribution in [0.2, 0.25) is 0 Å². The van der Waals surface area contributed by atoms with E-state index >= 15 is 0 Å². The van der Waals surface area contributed by atoms with Gasteiger partial charge in [0.1, 0.15) is 4.92 Å². The molecule has 0 aliphatic rings. The van der Waals surface area contributed by atoms with Crippen LogP contribution in [-0.2, 0) is 6.42 Å². The molecule has 0 atom stereocenters. The number of rotatable bonds is 6. The monoisotopic (exact) mass is 363 g/mol. The Morgan fingerprint density at radius 2 is 2.21 bits per heavy atom. The van der Waals surface area contributed by atoms with Gasteiger partial charge in [-0.1, -0.05) is 0 Å². The highest BCUT2D eigenvalue weighted by molar-refractivity contribution is 7.16. The molecule has 124 valence electrons. The molecule has 7 nitrogen and oxygen atoms in total. The van der Waals surface area contributed by atoms with Gasteiger partial charge in [0.15, 0.2) is 5.76 Å². The van der Waals surface area contributed by atoms with E-state index in [4.69, 9.17) is 4.42 Å². The van der Waals surface area contributed by atoms with Crippen molar-refractivity contribution >= 4 is 34.5 Å². The average Bonchev–Trinajstić information content (AvgIpc) is 3.26. The van der Waals surface area contributed by atoms with Crippen molar-refractivity contribution in [3.05, 3.63) is 55.4 Å². The zero-order chi connectivity index (χ0) is 17.1. The minimum absolute atomic E-state index is 0.0634. The van der Waals surface area contributed by atoms with Crippen LogP contribution in [0.5, 0.6) is 0 Å². The number of hydrogen-bond acceptors (Lipinski definition) is 7. The van der Waals surface area contributed by atoms with Crippen molar-refractivity contribution in [1.29, 1.82) is 0 Å². The Hall–Kier alpha value is -2.52. The van der Waals surface area contributed by atoms with Crippen molar-refractivity contribution in [2.24, 2.45) is 0 Å². The fourth-order valence-electron chi connectivity index (χ4n) is 2.06. The van der Waals surface area contributed by atoms with E-state index in [9.17, 15) is 14.9 Å². The summed E-state index contributed by atoms with van der Waals surface area (Å²) < 4.78 is 4.86. The molecule has 0 aliphatic carbocycles. The van der Waals surface area contributed by atoms with Crippen molar-refractivity contribution in [2.75, 3.05) is 6.54 Å². The molecule has 1 amide bonds. The molecule has 0 aliphatic heterocycles. The number of aromatic nitrogens is 1. The van der Waals surface area contributed by atoms with Gasteiger partial charge in [0.25, 0.3) is 5.91 Å². The number of furan rings is 1. The molecule has 0 radical (unpaired) electrons. The molecular formula is C15H13N3O4S2. The number of nitrogens with one attached hydrogen (secondary N) is 1. The number of aryl methyl sites for hydroxylation is 1. The van der Waals surface area contributed by atoms with E-state index in [1.54, 1.807) is 22.7 Å². The second-order valence-corrected chi connectivity index (χ2v) is 7.15. The lowest BCUT2D eigenvalue weighted by molar-refractivity contribution is -0.402. The molecule has 0 saturated carbocycles. The summed E-state index contributed by atoms with van der Waals surface area (Å²) in [5.74, 6) is -0.969. The number of nitrogens with zero attached hydrogens (tertiary/aromatic N) is 2. The standard InChI is InChI=1S/C15H13N3O4S2/c1-9-17-11(8-23-9)13-4-2-10(24-13)6-7-16-15(19)12-3-5-14(22-12)18(20)21/h2-5,8H,6-7H2,1H3,(H,16,19). The van der Waals surface area contributed by atoms with Crippen molar-refractivity contribution in [3.63, 3.8) is 0 Å². The van der Waals surface area contributed by atoms with Crippen LogP contribution in [0.25, 0.3) is 10.6 Å². The van der Waals surface area contributed by atoms with Gasteiger partial charge < -0.3 is 9.73 Å². The Balaban J connectivity index is 1.53. The van der Waals surface area contributed by atoms with E-state index in [0.29, 0.717) is 13.0 Å². The lowest BCUT2D eigenvalue weighted by Gasteiger charge is -2.01. The maximum absolute atomic E-state index is 11.9. The number of amides is 1. The number of carbonyl (C=O) groups is 1. The van der Waals surface area contributed by atoms with Gasteiger partial charge in [-0.15, -0.1) is 22.7 Å². The smallest absolute Gasteiger partial charge is 0.395 e. The second-order valence-electron chi connectivity index (χ2n) is 4.92. The van der Waals surface area contributed by atoms with Crippen LogP contribution in [0.1, 0.15) is 20.4 Å². The van der Waals surface area contributed by atoms with E-state index in [-0.39, 0.29) is 5.76 Å². The maximum atomic E-state index is 11.9. The molecule has 0 fully saturated rings. The van der Waals surface area contributed by atoms with Crippen LogP contribution in [0.3, 0.4) is 0 Å². The van der Waals surface area contributed by atoms with Gasteiger partial charge in [0, 0.05) is 16.8 Å². The van der Waals surface area contributed by atoms with Gasteiger partial charge in [-0.2, -0.15) is 0 Å². The molecule has 0 bridgehead atoms. The van der Waals surface area contributed by atoms with Gasteiger partial charge in [-0.25, -0.2) is 4.98 Å². The quantitative estimate of drug-likeness (QED) is 0.532. The van der Waals surface area contributed by atoms with Crippen LogP contribution in [0, 0.1) is 17.0 Å². The second kappa shape index (κ2) is 6.93. The fraction of sp³-hybridized carbons (Fsp3) is 0.200. The Labute approximate surface area is 145 Å². The topological polar surface area (TPSA) is 98.3 Å². The average molecular weight is 363 g/mol. The minimum Gasteiger partial charge on any atom is -0.395 e. The first-order valence-corrected chi connectivity index (χ1v) is 8.76. The molecule has 0 spiro atoms. The number of hydrogen-bond donors (Lipinski definition) is 1. The third-order valence-corrected chi connectivity index (χ3v) is 5.13. The Morgan fingerprint density at radius 1 is 1.38 bits per heavy atom. The zero-order valence-electron chi connectivity index (χ0n) is 12.6. The third-order valence-electron chi connectivity index (χ3n) is 3.19. The van der Waals surface area contributed by atoms with Gasteiger partial charge in [0.2, 0.25) is 0 Å². The van der Waals surface area contributed by atoms with E-state index in [0.717, 1.165) is 26.5 Å². The van der Waals surface area contributed by atoms with Crippen LogP contribution in [0.4, 0.5) is 5.88 Å². The molecule has 0 saturated heterocycles. The van der Waals surface area contributed by atoms with Crippen molar-refractivity contribution in [3.8, 4) is 10.6 Å². The molecule has 1 N–H and O–H groups in total. The Morgan fingerprint density at radius 3 is 2.88 bits per heavy atom. The van der Waals surface area contributed by atoms with E-state index < -0.39 is 16.7 Å². The normalized spacial score (nSPS) is 10.7. The molecule has 24 heavy (non-hydrogen) atoms. The molecule has 0 unspecified atom stereocenters. The number of carbonyl (C=O) groups excluding carboxylic acids is 1. The summed E-state index contributed by atoms with van der Waals surface area (Å²) in [6, 6.07) is 6.49. The number of nitro groups is 1. The summed E-state index contributed by atoms with van der Waals surface area (Å²) in [7, 11) is 0. The van der Waals surface area contributed by atoms with Crippen molar-refractivity contribution in [1.82, 2.24) is 10.3 Å². The van der Waals surface area contributed by atoms with Gasteiger partial charge in [-0.3, -0.25) is 14.9 Å². The first kappa shape index (κ1) is 16.3. The maximum Gasteiger partial charge on any atom is 0.433 e. The van der Waals surface area contributed by atoms with Crippen LogP contribution in [0.15, 0.2) is 34.1 Å². The van der Waals surface area contributed by atoms with Crippen LogP contribution >= 0.6 is 22.7 Å². The largest absolute Gasteiger partial charge is 0.433 e. The van der Waals surface area contributed by atoms with Crippen molar-refractivity contribution < 1.29 is 14.1 Å². The predicted octanol–water partition coefficient (Wildman–Crippen LogP) is 3.65. The van der Waals surface area contributed by atoms with E-state index in [1.165, 1.54) is 6.07 Å². The summed E-state index contributed by atoms with van der Waals surface area (Å²) in [6.45, 7) is 2.39. The molecule has 3 aromatic heterocycles. The highest BCUT2D eigenvalue weighted by Crippen LogP contribution is 2.29. The Bertz CT molecular complexity index is 881. The summed E-state index contributed by atoms with van der Waals surface area (Å²) >= 11 is 3.25. The highest BCUT2D eigenvalue weighted by atomic mass is 32.1. The van der Waals surface area contributed by atoms with Crippen LogP contribution in [-0.4, -0.2) is 22.4 Å². The number of thiazole rings is 1. The summed E-state index contributed by atoms with van der Waals surface area (Å²) in [5, 5.41) is 16.3. The minimum atomic E-state index is -0.676. The molecule has 0 aromatic carbocycles. The van der Waals surface area contributed by atoms with Crippen molar-refractivity contribution in [2.45, 2.75) is 13.3 Å². The lowest BCUT2D eigenvalue weighted by atomic mass is 10.3. The van der Waals surface area contributed by atoms with Gasteiger partial charge in [0.05, 0.1) is 21.6 Å². The summed E-state index contributed by atoms with van der Waals surface area (Å²) in [4.78, 5) is 28.4. The number of thiophene rings is 1. The fourth-order valence-corrected chi connectivity index (χ4v) is 3.72. The molecule has 3 aromatic rings. The first-order valence-electron chi connectivity index (χ1n) is 7.06. The van der Waals surface area contributed by atoms with Crippen LogP contribution < -0.4 is 5.32 Å². The Kier molecular flexibility index (Phi) is 4.72. The molecular weight excluding hydrogens is 350 g/mol. The molecule has 3 heterocycles.